The third-order valence-electron chi connectivity index (χ3n) is 4.31. The molecule has 2 heterocycles. The summed E-state index contributed by atoms with van der Waals surface area (Å²) >= 11 is 1.52. The van der Waals surface area contributed by atoms with Gasteiger partial charge >= 0.3 is 0 Å². The lowest BCUT2D eigenvalue weighted by atomic mass is 10.2. The van der Waals surface area contributed by atoms with Gasteiger partial charge in [0, 0.05) is 29.0 Å². The second kappa shape index (κ2) is 8.84. The summed E-state index contributed by atoms with van der Waals surface area (Å²) < 4.78 is 7.81. The van der Waals surface area contributed by atoms with Gasteiger partial charge in [-0.25, -0.2) is 4.98 Å². The highest BCUT2D eigenvalue weighted by atomic mass is 32.2. The number of thioether (sulfide) groups is 1. The molecule has 1 amide bonds. The van der Waals surface area contributed by atoms with Gasteiger partial charge in [0.2, 0.25) is 5.91 Å². The summed E-state index contributed by atoms with van der Waals surface area (Å²) in [6.07, 6.45) is 3.90. The Kier molecular flexibility index (Phi) is 5.81. The number of carbonyl (C=O) groups excluding carboxylic acids is 1. The zero-order chi connectivity index (χ0) is 20.1. The van der Waals surface area contributed by atoms with Crippen molar-refractivity contribution < 1.29 is 9.53 Å². The fourth-order valence-corrected chi connectivity index (χ4v) is 3.56. The van der Waals surface area contributed by atoms with Crippen LogP contribution >= 0.6 is 11.8 Å². The molecular formula is C23H21N3O2S. The molecule has 0 saturated carbocycles. The lowest BCUT2D eigenvalue weighted by Gasteiger charge is -2.08. The number of carbonyl (C=O) groups is 1. The Morgan fingerprint density at radius 1 is 1.10 bits per heavy atom. The molecule has 0 spiro atoms. The lowest BCUT2D eigenvalue weighted by Crippen LogP contribution is -2.14. The van der Waals surface area contributed by atoms with Gasteiger partial charge in [0.05, 0.1) is 11.4 Å². The Bertz CT molecular complexity index is 1090. The second-order valence-corrected chi connectivity index (χ2v) is 7.71. The second-order valence-electron chi connectivity index (χ2n) is 6.66. The van der Waals surface area contributed by atoms with Crippen LogP contribution in [0.5, 0.6) is 5.75 Å². The van der Waals surface area contributed by atoms with Gasteiger partial charge in [0.1, 0.15) is 18.0 Å². The topological polar surface area (TPSA) is 55.6 Å². The Hall–Kier alpha value is -3.25. The third-order valence-corrected chi connectivity index (χ3v) is 5.32. The minimum Gasteiger partial charge on any atom is -0.487 e. The molecule has 0 saturated heterocycles. The number of hydrogen-bond acceptors (Lipinski definition) is 4. The van der Waals surface area contributed by atoms with Gasteiger partial charge in [-0.05, 0) is 43.3 Å². The number of ether oxygens (including phenoxy) is 1. The molecule has 2 aromatic carbocycles. The summed E-state index contributed by atoms with van der Waals surface area (Å²) in [5.74, 6) is 0.995. The van der Waals surface area contributed by atoms with E-state index in [1.165, 1.54) is 17.3 Å². The highest BCUT2D eigenvalue weighted by Crippen LogP contribution is 2.21. The van der Waals surface area contributed by atoms with Crippen LogP contribution in [0.25, 0.3) is 5.65 Å². The van der Waals surface area contributed by atoms with Crippen molar-refractivity contribution in [2.75, 3.05) is 11.1 Å². The first-order valence-electron chi connectivity index (χ1n) is 9.30. The number of rotatable bonds is 7. The number of pyridine rings is 1. The number of anilines is 1. The predicted molar refractivity (Wildman–Crippen MR) is 116 cm³/mol. The summed E-state index contributed by atoms with van der Waals surface area (Å²) in [5, 5.41) is 2.92. The van der Waals surface area contributed by atoms with Crippen molar-refractivity contribution in [3.05, 3.63) is 90.4 Å². The molecule has 0 aliphatic carbocycles. The average molecular weight is 404 g/mol. The number of aromatic nitrogens is 2. The van der Waals surface area contributed by atoms with Gasteiger partial charge in [0.15, 0.2) is 0 Å². The van der Waals surface area contributed by atoms with Gasteiger partial charge in [-0.2, -0.15) is 0 Å². The van der Waals surface area contributed by atoms with Crippen LogP contribution in [0.4, 0.5) is 5.69 Å². The molecule has 1 N–H and O–H groups in total. The zero-order valence-corrected chi connectivity index (χ0v) is 16.9. The van der Waals surface area contributed by atoms with Crippen molar-refractivity contribution >= 4 is 29.0 Å². The molecular weight excluding hydrogens is 382 g/mol. The van der Waals surface area contributed by atoms with E-state index in [2.05, 4.69) is 10.3 Å². The third kappa shape index (κ3) is 5.18. The summed E-state index contributed by atoms with van der Waals surface area (Å²) in [7, 11) is 0. The van der Waals surface area contributed by atoms with Crippen LogP contribution in [0.15, 0.2) is 84.0 Å². The summed E-state index contributed by atoms with van der Waals surface area (Å²) in [6, 6.07) is 21.4. The van der Waals surface area contributed by atoms with E-state index in [0.29, 0.717) is 23.8 Å². The van der Waals surface area contributed by atoms with Crippen LogP contribution < -0.4 is 10.1 Å². The average Bonchev–Trinajstić information content (AvgIpc) is 3.15. The van der Waals surface area contributed by atoms with E-state index in [1.54, 1.807) is 0 Å². The molecule has 0 fully saturated rings. The number of fused-ring (bicyclic) bond motifs is 1. The maximum Gasteiger partial charge on any atom is 0.234 e. The minimum atomic E-state index is -0.0481. The van der Waals surface area contributed by atoms with Gasteiger partial charge in [0.25, 0.3) is 0 Å². The van der Waals surface area contributed by atoms with Gasteiger partial charge in [-0.1, -0.05) is 29.8 Å². The molecule has 5 nitrogen and oxygen atoms in total. The van der Waals surface area contributed by atoms with Crippen LogP contribution in [-0.4, -0.2) is 21.0 Å². The van der Waals surface area contributed by atoms with Crippen molar-refractivity contribution in [3.8, 4) is 5.75 Å². The molecule has 6 heteroatoms. The van der Waals surface area contributed by atoms with Crippen LogP contribution in [0.2, 0.25) is 0 Å². The normalized spacial score (nSPS) is 10.8. The molecule has 2 aromatic heterocycles. The molecule has 4 aromatic rings. The standard InChI is InChI=1S/C23H21N3O2S/c1-17-8-10-21(11-9-17)29-16-23(27)25-18-5-4-6-20(13-18)28-15-19-14-26-12-3-2-7-22(26)24-19/h2-14H,15-16H2,1H3,(H,25,27). The first-order valence-corrected chi connectivity index (χ1v) is 10.3. The zero-order valence-electron chi connectivity index (χ0n) is 16.0. The van der Waals surface area contributed by atoms with E-state index in [9.17, 15) is 4.79 Å². The van der Waals surface area contributed by atoms with Crippen LogP contribution in [0.3, 0.4) is 0 Å². The van der Waals surface area contributed by atoms with Crippen LogP contribution in [0, 0.1) is 6.92 Å². The highest BCUT2D eigenvalue weighted by molar-refractivity contribution is 8.00. The minimum absolute atomic E-state index is 0.0481. The van der Waals surface area contributed by atoms with E-state index in [0.717, 1.165) is 16.2 Å². The Morgan fingerprint density at radius 2 is 1.97 bits per heavy atom. The first kappa shape index (κ1) is 19.1. The molecule has 0 atom stereocenters. The monoisotopic (exact) mass is 403 g/mol. The fourth-order valence-electron chi connectivity index (χ4n) is 2.86. The van der Waals surface area contributed by atoms with Gasteiger partial charge < -0.3 is 14.5 Å². The Morgan fingerprint density at radius 3 is 2.79 bits per heavy atom. The maximum atomic E-state index is 12.3. The van der Waals surface area contributed by atoms with Crippen molar-refractivity contribution in [2.24, 2.45) is 0 Å². The van der Waals surface area contributed by atoms with E-state index >= 15 is 0 Å². The first-order chi connectivity index (χ1) is 14.2. The summed E-state index contributed by atoms with van der Waals surface area (Å²) in [5.41, 5.74) is 3.66. The molecule has 146 valence electrons. The predicted octanol–water partition coefficient (Wildman–Crippen LogP) is 4.95. The van der Waals surface area contributed by atoms with Crippen molar-refractivity contribution in [3.63, 3.8) is 0 Å². The number of benzene rings is 2. The Balaban J connectivity index is 1.31. The molecule has 0 aliphatic rings. The maximum absolute atomic E-state index is 12.3. The summed E-state index contributed by atoms with van der Waals surface area (Å²) in [4.78, 5) is 17.9. The molecule has 0 unspecified atom stereocenters. The molecule has 0 bridgehead atoms. The smallest absolute Gasteiger partial charge is 0.234 e. The number of nitrogens with one attached hydrogen (secondary N) is 1. The van der Waals surface area contributed by atoms with E-state index in [-0.39, 0.29) is 5.91 Å². The largest absolute Gasteiger partial charge is 0.487 e. The van der Waals surface area contributed by atoms with E-state index in [1.807, 2.05) is 90.4 Å². The molecule has 0 radical (unpaired) electrons. The number of nitrogens with zero attached hydrogens (tertiary/aromatic N) is 2. The number of amides is 1. The quantitative estimate of drug-likeness (QED) is 0.444. The highest BCUT2D eigenvalue weighted by Gasteiger charge is 2.06. The number of aryl methyl sites for hydroxylation is 1. The van der Waals surface area contributed by atoms with Crippen molar-refractivity contribution in [2.45, 2.75) is 18.4 Å². The lowest BCUT2D eigenvalue weighted by molar-refractivity contribution is -0.113. The molecule has 4 rings (SSSR count). The number of imidazole rings is 1. The number of hydrogen-bond donors (Lipinski definition) is 1. The van der Waals surface area contributed by atoms with E-state index < -0.39 is 0 Å². The summed E-state index contributed by atoms with van der Waals surface area (Å²) in [6.45, 7) is 2.41. The SMILES string of the molecule is Cc1ccc(SCC(=O)Nc2cccc(OCc3cn4ccccc4n3)c2)cc1. The van der Waals surface area contributed by atoms with Crippen LogP contribution in [0.1, 0.15) is 11.3 Å². The van der Waals surface area contributed by atoms with Crippen molar-refractivity contribution in [1.29, 1.82) is 0 Å². The molecule has 0 aliphatic heterocycles. The van der Waals surface area contributed by atoms with Gasteiger partial charge in [-0.3, -0.25) is 4.79 Å². The van der Waals surface area contributed by atoms with E-state index in [4.69, 9.17) is 4.74 Å². The van der Waals surface area contributed by atoms with Crippen molar-refractivity contribution in [1.82, 2.24) is 9.38 Å². The van der Waals surface area contributed by atoms with Crippen LogP contribution in [-0.2, 0) is 11.4 Å². The van der Waals surface area contributed by atoms with Gasteiger partial charge in [-0.15, -0.1) is 11.8 Å². The fraction of sp³-hybridized carbons (Fsp3) is 0.130. The molecule has 29 heavy (non-hydrogen) atoms. The Labute approximate surface area is 173 Å².